The van der Waals surface area contributed by atoms with Gasteiger partial charge >= 0.3 is 0 Å². The number of carbonyl (C=O) groups excluding carboxylic acids is 1. The minimum Gasteiger partial charge on any atom is -0.490 e. The van der Waals surface area contributed by atoms with Crippen LogP contribution in [0.15, 0.2) is 64.2 Å². The first-order chi connectivity index (χ1) is 15.8. The number of amides is 1. The second-order valence-electron chi connectivity index (χ2n) is 6.48. The van der Waals surface area contributed by atoms with E-state index in [4.69, 9.17) is 14.2 Å². The van der Waals surface area contributed by atoms with Crippen molar-refractivity contribution >= 4 is 43.4 Å². The van der Waals surface area contributed by atoms with E-state index in [1.807, 2.05) is 0 Å². The number of carbonyl (C=O) groups is 1. The summed E-state index contributed by atoms with van der Waals surface area (Å²) in [7, 11) is -0.994. The Kier molecular flexibility index (Phi) is 8.20. The van der Waals surface area contributed by atoms with Crippen molar-refractivity contribution in [3.63, 3.8) is 0 Å². The minimum absolute atomic E-state index is 0.0199. The molecule has 0 fully saturated rings. The van der Waals surface area contributed by atoms with E-state index in [9.17, 15) is 13.2 Å². The average Bonchev–Trinajstić information content (AvgIpc) is 2.80. The van der Waals surface area contributed by atoms with Gasteiger partial charge < -0.3 is 19.5 Å². The summed E-state index contributed by atoms with van der Waals surface area (Å²) in [6, 6.07) is 10.6. The third-order valence-corrected chi connectivity index (χ3v) is 6.23. The third-order valence-electron chi connectivity index (χ3n) is 4.25. The predicted molar refractivity (Wildman–Crippen MR) is 125 cm³/mol. The number of ether oxygens (including phenoxy) is 3. The molecule has 0 saturated heterocycles. The van der Waals surface area contributed by atoms with Crippen molar-refractivity contribution in [1.29, 1.82) is 0 Å². The molecule has 1 heterocycles. The lowest BCUT2D eigenvalue weighted by Gasteiger charge is -2.11. The molecule has 0 bridgehead atoms. The topological polar surface area (TPSA) is 129 Å². The Labute approximate surface area is 199 Å². The van der Waals surface area contributed by atoms with Crippen molar-refractivity contribution in [2.24, 2.45) is 0 Å². The van der Waals surface area contributed by atoms with Crippen LogP contribution in [0.2, 0.25) is 0 Å². The molecule has 10 nitrogen and oxygen atoms in total. The normalized spacial score (nSPS) is 11.0. The van der Waals surface area contributed by atoms with Gasteiger partial charge in [0.2, 0.25) is 5.82 Å². The number of rotatable bonds is 10. The van der Waals surface area contributed by atoms with Crippen LogP contribution >= 0.6 is 15.9 Å². The molecule has 0 aliphatic heterocycles. The third kappa shape index (κ3) is 6.40. The standard InChI is InChI=1S/C21H21BrN4O6S/c1-30-11-12-32-18-8-3-14(13-17(18)22)20(27)25-15-4-6-16(7-5-15)33(28,29)26-19-21(31-2)24-10-9-23-19/h3-10,13H,11-12H2,1-2H3,(H,23,26)(H,25,27). The Hall–Kier alpha value is -3.22. The van der Waals surface area contributed by atoms with E-state index in [0.29, 0.717) is 34.7 Å². The van der Waals surface area contributed by atoms with Crippen molar-refractivity contribution < 1.29 is 27.4 Å². The van der Waals surface area contributed by atoms with Gasteiger partial charge in [-0.15, -0.1) is 0 Å². The zero-order valence-corrected chi connectivity index (χ0v) is 20.1. The number of aromatic nitrogens is 2. The minimum atomic E-state index is -3.94. The number of benzene rings is 2. The second kappa shape index (κ2) is 11.1. The molecule has 174 valence electrons. The Morgan fingerprint density at radius 1 is 1.03 bits per heavy atom. The maximum Gasteiger partial charge on any atom is 0.263 e. The van der Waals surface area contributed by atoms with Crippen molar-refractivity contribution in [3.8, 4) is 11.6 Å². The molecule has 1 aromatic heterocycles. The highest BCUT2D eigenvalue weighted by Gasteiger charge is 2.18. The van der Waals surface area contributed by atoms with Gasteiger partial charge in [-0.05, 0) is 58.4 Å². The van der Waals surface area contributed by atoms with Gasteiger partial charge in [0.1, 0.15) is 12.4 Å². The van der Waals surface area contributed by atoms with Crippen LogP contribution in [0.3, 0.4) is 0 Å². The van der Waals surface area contributed by atoms with Crippen LogP contribution in [-0.2, 0) is 14.8 Å². The van der Waals surface area contributed by atoms with E-state index in [1.165, 1.54) is 43.8 Å². The lowest BCUT2D eigenvalue weighted by Crippen LogP contribution is -2.15. The highest BCUT2D eigenvalue weighted by atomic mass is 79.9. The van der Waals surface area contributed by atoms with E-state index in [1.54, 1.807) is 25.3 Å². The largest absolute Gasteiger partial charge is 0.490 e. The summed E-state index contributed by atoms with van der Waals surface area (Å²) in [5.41, 5.74) is 0.821. The first kappa shape index (κ1) is 24.4. The van der Waals surface area contributed by atoms with Crippen LogP contribution in [0.4, 0.5) is 11.5 Å². The summed E-state index contributed by atoms with van der Waals surface area (Å²) in [5, 5.41) is 2.73. The molecule has 2 aromatic carbocycles. The fraction of sp³-hybridized carbons (Fsp3) is 0.190. The van der Waals surface area contributed by atoms with Gasteiger partial charge in [-0.25, -0.2) is 18.4 Å². The molecule has 0 aliphatic rings. The molecule has 3 rings (SSSR count). The Morgan fingerprint density at radius 2 is 1.76 bits per heavy atom. The van der Waals surface area contributed by atoms with Crippen LogP contribution in [0.1, 0.15) is 10.4 Å². The second-order valence-corrected chi connectivity index (χ2v) is 9.02. The summed E-state index contributed by atoms with van der Waals surface area (Å²) in [6.07, 6.45) is 2.73. The fourth-order valence-corrected chi connectivity index (χ4v) is 4.15. The van der Waals surface area contributed by atoms with Gasteiger partial charge in [-0.1, -0.05) is 0 Å². The Morgan fingerprint density at radius 3 is 2.42 bits per heavy atom. The molecule has 0 spiro atoms. The Balaban J connectivity index is 1.67. The van der Waals surface area contributed by atoms with Crippen molar-refractivity contribution in [1.82, 2.24) is 9.97 Å². The number of anilines is 2. The molecule has 0 radical (unpaired) electrons. The van der Waals surface area contributed by atoms with E-state index in [-0.39, 0.29) is 22.5 Å². The molecule has 0 unspecified atom stereocenters. The zero-order valence-electron chi connectivity index (χ0n) is 17.7. The number of sulfonamides is 1. The zero-order chi connectivity index (χ0) is 23.8. The maximum absolute atomic E-state index is 12.6. The first-order valence-electron chi connectivity index (χ1n) is 9.54. The summed E-state index contributed by atoms with van der Waals surface area (Å²) in [6.45, 7) is 0.830. The fourth-order valence-electron chi connectivity index (χ4n) is 2.65. The Bertz CT molecular complexity index is 1220. The molecule has 12 heteroatoms. The van der Waals surface area contributed by atoms with Crippen LogP contribution in [0, 0.1) is 0 Å². The molecule has 2 N–H and O–H groups in total. The monoisotopic (exact) mass is 536 g/mol. The lowest BCUT2D eigenvalue weighted by molar-refractivity contribution is 0.102. The average molecular weight is 537 g/mol. The van der Waals surface area contributed by atoms with Crippen LogP contribution in [0.5, 0.6) is 11.6 Å². The molecule has 0 atom stereocenters. The number of nitrogens with zero attached hydrogens (tertiary/aromatic N) is 2. The lowest BCUT2D eigenvalue weighted by atomic mass is 10.2. The van der Waals surface area contributed by atoms with Gasteiger partial charge in [0.15, 0.2) is 0 Å². The predicted octanol–water partition coefficient (Wildman–Crippen LogP) is 3.33. The molecule has 0 saturated carbocycles. The van der Waals surface area contributed by atoms with Crippen LogP contribution in [-0.4, -0.2) is 51.7 Å². The highest BCUT2D eigenvalue weighted by molar-refractivity contribution is 9.10. The molecular weight excluding hydrogens is 516 g/mol. The van der Waals surface area contributed by atoms with Crippen molar-refractivity contribution in [3.05, 3.63) is 64.9 Å². The molecular formula is C21H21BrN4O6S. The van der Waals surface area contributed by atoms with Crippen molar-refractivity contribution in [2.75, 3.05) is 37.5 Å². The van der Waals surface area contributed by atoms with Crippen molar-refractivity contribution in [2.45, 2.75) is 4.90 Å². The first-order valence-corrected chi connectivity index (χ1v) is 11.8. The van der Waals surface area contributed by atoms with E-state index >= 15 is 0 Å². The smallest absolute Gasteiger partial charge is 0.263 e. The molecule has 3 aromatic rings. The number of hydrogen-bond acceptors (Lipinski definition) is 8. The van der Waals surface area contributed by atoms with E-state index in [2.05, 4.69) is 35.9 Å². The number of nitrogens with one attached hydrogen (secondary N) is 2. The van der Waals surface area contributed by atoms with Crippen LogP contribution in [0.25, 0.3) is 0 Å². The number of methoxy groups -OCH3 is 2. The van der Waals surface area contributed by atoms with E-state index in [0.717, 1.165) is 0 Å². The highest BCUT2D eigenvalue weighted by Crippen LogP contribution is 2.27. The molecule has 1 amide bonds. The van der Waals surface area contributed by atoms with Gasteiger partial charge in [0.05, 0.1) is 23.1 Å². The summed E-state index contributed by atoms with van der Waals surface area (Å²) in [4.78, 5) is 20.4. The van der Waals surface area contributed by atoms with Crippen LogP contribution < -0.4 is 19.5 Å². The van der Waals surface area contributed by atoms with Gasteiger partial charge in [-0.3, -0.25) is 9.52 Å². The number of halogens is 1. The SMILES string of the molecule is COCCOc1ccc(C(=O)Nc2ccc(S(=O)(=O)Nc3nccnc3OC)cc2)cc1Br. The summed E-state index contributed by atoms with van der Waals surface area (Å²) >= 11 is 3.38. The maximum atomic E-state index is 12.6. The summed E-state index contributed by atoms with van der Waals surface area (Å²) < 4.78 is 43.7. The van der Waals surface area contributed by atoms with Gasteiger partial charge in [0.25, 0.3) is 21.8 Å². The quantitative estimate of drug-likeness (QED) is 0.377. The number of hydrogen-bond donors (Lipinski definition) is 2. The van der Waals surface area contributed by atoms with Gasteiger partial charge in [-0.2, -0.15) is 0 Å². The molecule has 0 aliphatic carbocycles. The van der Waals surface area contributed by atoms with Gasteiger partial charge in [0, 0.05) is 30.8 Å². The summed E-state index contributed by atoms with van der Waals surface area (Å²) in [5.74, 6) is 0.242. The molecule has 33 heavy (non-hydrogen) atoms. The van der Waals surface area contributed by atoms with E-state index < -0.39 is 10.0 Å².